The molecule has 1 aliphatic heterocycles. The van der Waals surface area contributed by atoms with Gasteiger partial charge in [0.2, 0.25) is 5.91 Å². The molecule has 1 unspecified atom stereocenters. The summed E-state index contributed by atoms with van der Waals surface area (Å²) in [6.07, 6.45) is 1.86. The van der Waals surface area contributed by atoms with Crippen molar-refractivity contribution in [1.82, 2.24) is 4.90 Å². The van der Waals surface area contributed by atoms with Crippen LogP contribution in [0, 0.1) is 11.6 Å². The van der Waals surface area contributed by atoms with Crippen molar-refractivity contribution in [1.29, 1.82) is 0 Å². The first-order chi connectivity index (χ1) is 10.6. The van der Waals surface area contributed by atoms with E-state index in [-0.39, 0.29) is 30.0 Å². The van der Waals surface area contributed by atoms with Crippen LogP contribution >= 0.6 is 0 Å². The molecule has 0 aliphatic carbocycles. The summed E-state index contributed by atoms with van der Waals surface area (Å²) in [6.45, 7) is 0.638. The fraction of sp³-hybridized carbons (Fsp3) is 0.278. The maximum Gasteiger partial charge on any atom is 0.227 e. The molecular formula is C18H17F2NO. The second-order valence-electron chi connectivity index (χ2n) is 5.57. The summed E-state index contributed by atoms with van der Waals surface area (Å²) in [5.74, 6) is -0.632. The first kappa shape index (κ1) is 14.7. The highest BCUT2D eigenvalue weighted by molar-refractivity contribution is 5.79. The number of amides is 1. The van der Waals surface area contributed by atoms with E-state index in [1.807, 2.05) is 0 Å². The average molecular weight is 301 g/mol. The second kappa shape index (κ2) is 6.26. The van der Waals surface area contributed by atoms with Crippen molar-refractivity contribution in [2.75, 3.05) is 6.54 Å². The topological polar surface area (TPSA) is 20.3 Å². The third-order valence-corrected chi connectivity index (χ3v) is 4.11. The molecule has 2 aromatic carbocycles. The van der Waals surface area contributed by atoms with E-state index in [4.69, 9.17) is 0 Å². The van der Waals surface area contributed by atoms with E-state index in [1.54, 1.807) is 35.2 Å². The Morgan fingerprint density at radius 3 is 2.55 bits per heavy atom. The Labute approximate surface area is 128 Å². The lowest BCUT2D eigenvalue weighted by Gasteiger charge is -2.25. The molecule has 0 spiro atoms. The zero-order valence-corrected chi connectivity index (χ0v) is 12.1. The number of hydrogen-bond acceptors (Lipinski definition) is 1. The van der Waals surface area contributed by atoms with Gasteiger partial charge >= 0.3 is 0 Å². The molecule has 0 radical (unpaired) electrons. The van der Waals surface area contributed by atoms with Gasteiger partial charge in [-0.2, -0.15) is 0 Å². The molecule has 4 heteroatoms. The van der Waals surface area contributed by atoms with Gasteiger partial charge in [0.1, 0.15) is 11.6 Å². The van der Waals surface area contributed by atoms with Crippen LogP contribution in [0.2, 0.25) is 0 Å². The minimum atomic E-state index is -0.318. The van der Waals surface area contributed by atoms with Crippen molar-refractivity contribution >= 4 is 5.91 Å². The molecule has 0 N–H and O–H groups in total. The fourth-order valence-electron chi connectivity index (χ4n) is 3.01. The summed E-state index contributed by atoms with van der Waals surface area (Å²) in [5.41, 5.74) is 1.35. The molecule has 2 nitrogen and oxygen atoms in total. The molecule has 0 bridgehead atoms. The zero-order valence-electron chi connectivity index (χ0n) is 12.1. The van der Waals surface area contributed by atoms with Crippen molar-refractivity contribution in [2.45, 2.75) is 25.3 Å². The molecule has 1 fully saturated rings. The van der Waals surface area contributed by atoms with Crippen molar-refractivity contribution in [3.63, 3.8) is 0 Å². The van der Waals surface area contributed by atoms with Crippen molar-refractivity contribution < 1.29 is 13.6 Å². The van der Waals surface area contributed by atoms with Gasteiger partial charge < -0.3 is 4.90 Å². The van der Waals surface area contributed by atoms with Crippen LogP contribution in [-0.4, -0.2) is 17.4 Å². The minimum Gasteiger partial charge on any atom is -0.335 e. The molecule has 1 atom stereocenters. The number of hydrogen-bond donors (Lipinski definition) is 0. The zero-order chi connectivity index (χ0) is 15.5. The normalized spacial score (nSPS) is 17.7. The van der Waals surface area contributed by atoms with Crippen LogP contribution in [-0.2, 0) is 11.2 Å². The Morgan fingerprint density at radius 1 is 1.09 bits per heavy atom. The molecule has 22 heavy (non-hydrogen) atoms. The highest BCUT2D eigenvalue weighted by atomic mass is 19.1. The predicted octanol–water partition coefficient (Wildman–Crippen LogP) is 3.87. The number of nitrogens with zero attached hydrogens (tertiary/aromatic N) is 1. The highest BCUT2D eigenvalue weighted by Crippen LogP contribution is 2.33. The summed E-state index contributed by atoms with van der Waals surface area (Å²) in [5, 5.41) is 0. The van der Waals surface area contributed by atoms with Gasteiger partial charge in [0, 0.05) is 12.1 Å². The predicted molar refractivity (Wildman–Crippen MR) is 80.2 cm³/mol. The summed E-state index contributed by atoms with van der Waals surface area (Å²) >= 11 is 0. The quantitative estimate of drug-likeness (QED) is 0.842. The first-order valence-electron chi connectivity index (χ1n) is 7.43. The number of rotatable bonds is 3. The lowest BCUT2D eigenvalue weighted by molar-refractivity contribution is -0.131. The number of likely N-dealkylation sites (tertiary alicyclic amines) is 1. The van der Waals surface area contributed by atoms with Gasteiger partial charge in [-0.15, -0.1) is 0 Å². The molecule has 114 valence electrons. The van der Waals surface area contributed by atoms with Crippen molar-refractivity contribution in [3.05, 3.63) is 71.3 Å². The van der Waals surface area contributed by atoms with Gasteiger partial charge in [-0.25, -0.2) is 8.78 Å². The van der Waals surface area contributed by atoms with Crippen LogP contribution in [0.15, 0.2) is 48.5 Å². The van der Waals surface area contributed by atoms with Crippen LogP contribution in [0.3, 0.4) is 0 Å². The molecule has 0 aromatic heterocycles. The van der Waals surface area contributed by atoms with Crippen LogP contribution < -0.4 is 0 Å². The van der Waals surface area contributed by atoms with Gasteiger partial charge in [-0.1, -0.05) is 30.3 Å². The van der Waals surface area contributed by atoms with E-state index in [0.717, 1.165) is 18.4 Å². The molecule has 1 amide bonds. The SMILES string of the molecule is O=C(Cc1ccc(F)cc1)N1CCCC1c1ccccc1F. The van der Waals surface area contributed by atoms with E-state index in [9.17, 15) is 13.6 Å². The van der Waals surface area contributed by atoms with Gasteiger partial charge in [0.25, 0.3) is 0 Å². The number of carbonyl (C=O) groups is 1. The Hall–Kier alpha value is -2.23. The van der Waals surface area contributed by atoms with E-state index in [0.29, 0.717) is 12.1 Å². The van der Waals surface area contributed by atoms with Gasteiger partial charge in [-0.3, -0.25) is 4.79 Å². The smallest absolute Gasteiger partial charge is 0.227 e. The third kappa shape index (κ3) is 3.01. The molecule has 1 heterocycles. The monoisotopic (exact) mass is 301 g/mol. The highest BCUT2D eigenvalue weighted by Gasteiger charge is 2.31. The summed E-state index contributed by atoms with van der Waals surface area (Å²) in [4.78, 5) is 14.2. The lowest BCUT2D eigenvalue weighted by atomic mass is 10.0. The summed E-state index contributed by atoms with van der Waals surface area (Å²) < 4.78 is 26.9. The van der Waals surface area contributed by atoms with Gasteiger partial charge in [-0.05, 0) is 36.6 Å². The van der Waals surface area contributed by atoms with Crippen LogP contribution in [0.25, 0.3) is 0 Å². The molecule has 2 aromatic rings. The lowest BCUT2D eigenvalue weighted by Crippen LogP contribution is -2.32. The Kier molecular flexibility index (Phi) is 4.18. The molecular weight excluding hydrogens is 284 g/mol. The summed E-state index contributed by atoms with van der Waals surface area (Å²) in [7, 11) is 0. The van der Waals surface area contributed by atoms with Crippen LogP contribution in [0.1, 0.15) is 30.0 Å². The minimum absolute atomic E-state index is 0.0441. The Bertz CT molecular complexity index is 669. The molecule has 1 aliphatic rings. The number of carbonyl (C=O) groups excluding carboxylic acids is 1. The van der Waals surface area contributed by atoms with E-state index >= 15 is 0 Å². The van der Waals surface area contributed by atoms with Crippen molar-refractivity contribution in [2.24, 2.45) is 0 Å². The third-order valence-electron chi connectivity index (χ3n) is 4.11. The maximum absolute atomic E-state index is 14.0. The first-order valence-corrected chi connectivity index (χ1v) is 7.43. The van der Waals surface area contributed by atoms with E-state index < -0.39 is 0 Å². The molecule has 1 saturated heterocycles. The van der Waals surface area contributed by atoms with Crippen molar-refractivity contribution in [3.8, 4) is 0 Å². The number of benzene rings is 2. The largest absolute Gasteiger partial charge is 0.335 e. The fourth-order valence-corrected chi connectivity index (χ4v) is 3.01. The van der Waals surface area contributed by atoms with Gasteiger partial charge in [0.15, 0.2) is 0 Å². The Balaban J connectivity index is 1.76. The van der Waals surface area contributed by atoms with Crippen LogP contribution in [0.5, 0.6) is 0 Å². The average Bonchev–Trinajstić information content (AvgIpc) is 2.99. The number of halogens is 2. The van der Waals surface area contributed by atoms with E-state index in [2.05, 4.69) is 0 Å². The maximum atomic E-state index is 14.0. The second-order valence-corrected chi connectivity index (χ2v) is 5.57. The van der Waals surface area contributed by atoms with E-state index in [1.165, 1.54) is 18.2 Å². The van der Waals surface area contributed by atoms with Gasteiger partial charge in [0.05, 0.1) is 12.5 Å². The standard InChI is InChI=1S/C18H17F2NO/c19-14-9-7-13(8-10-14)12-18(22)21-11-3-6-17(21)15-4-1-2-5-16(15)20/h1-2,4-5,7-10,17H,3,6,11-12H2. The Morgan fingerprint density at radius 2 is 1.82 bits per heavy atom. The molecule has 3 rings (SSSR count). The molecule has 0 saturated carbocycles. The summed E-state index contributed by atoms with van der Waals surface area (Å²) in [6, 6.07) is 12.3. The van der Waals surface area contributed by atoms with Crippen LogP contribution in [0.4, 0.5) is 8.78 Å².